The molecule has 385 valence electrons. The monoisotopic (exact) mass is 981 g/mol. The molecule has 69 heavy (non-hydrogen) atoms. The van der Waals surface area contributed by atoms with Crippen molar-refractivity contribution in [1.29, 1.82) is 0 Å². The Bertz CT molecular complexity index is 1810. The van der Waals surface area contributed by atoms with E-state index in [-0.39, 0.29) is 84.7 Å². The van der Waals surface area contributed by atoms with Gasteiger partial charge in [0.2, 0.25) is 5.79 Å². The molecule has 0 aromatic carbocycles. The normalized spacial score (nSPS) is 28.2. The molecule has 0 spiro atoms. The number of methoxy groups -OCH3 is 3. The average Bonchev–Trinajstić information content (AvgIpc) is 3.32. The van der Waals surface area contributed by atoms with Crippen molar-refractivity contribution >= 4 is 58.8 Å². The molecule has 4 N–H and O–H groups in total. The third-order valence-corrected chi connectivity index (χ3v) is 14.1. The van der Waals surface area contributed by atoms with E-state index < -0.39 is 71.7 Å². The molecule has 1 radical (unpaired) electrons. The fourth-order valence-corrected chi connectivity index (χ4v) is 9.86. The van der Waals surface area contributed by atoms with Crippen LogP contribution in [0.4, 0.5) is 0 Å². The molecule has 0 unspecified atom stereocenters. The molecule has 1 saturated carbocycles. The van der Waals surface area contributed by atoms with Crippen molar-refractivity contribution in [3.63, 3.8) is 0 Å². The van der Waals surface area contributed by atoms with E-state index in [1.807, 2.05) is 57.2 Å². The molecule has 15 nitrogen and oxygen atoms in total. The number of hydrogen-bond donors (Lipinski definition) is 4. The Balaban J connectivity index is 0.0000163. The van der Waals surface area contributed by atoms with E-state index >= 15 is 0 Å². The van der Waals surface area contributed by atoms with Crippen molar-refractivity contribution in [3.05, 3.63) is 59.8 Å². The van der Waals surface area contributed by atoms with Crippen LogP contribution in [0, 0.1) is 35.5 Å². The molecule has 1 amide bonds. The molecule has 2 heterocycles. The van der Waals surface area contributed by atoms with Crippen LogP contribution in [-0.2, 0) is 47.7 Å². The number of aliphatic hydroxyl groups excluding tert-OH is 2. The Morgan fingerprint density at radius 1 is 0.855 bits per heavy atom. The number of carbonyl (C=O) groups excluding carboxylic acids is 4. The number of carboxylic acid groups (broad SMARTS) is 1. The molecule has 3 aliphatic rings. The minimum atomic E-state index is -2.38. The van der Waals surface area contributed by atoms with Gasteiger partial charge in [0.1, 0.15) is 18.2 Å². The number of aliphatic carboxylic acids is 1. The summed E-state index contributed by atoms with van der Waals surface area (Å²) in [5, 5.41) is 41.5. The number of hydrogen-bond acceptors (Lipinski definition) is 13. The van der Waals surface area contributed by atoms with Gasteiger partial charge in [0.05, 0.1) is 37.6 Å². The van der Waals surface area contributed by atoms with Gasteiger partial charge in [-0.1, -0.05) is 77.2 Å². The molecule has 0 aromatic rings. The molecule has 2 saturated heterocycles. The molecule has 16 heteroatoms. The fourth-order valence-electron chi connectivity index (χ4n) is 9.86. The van der Waals surface area contributed by atoms with Crippen molar-refractivity contribution in [2.24, 2.45) is 35.5 Å². The number of likely N-dealkylation sites (tertiary alicyclic amines) is 1. The smallest absolute Gasteiger partial charge is 0.326 e. The van der Waals surface area contributed by atoms with Crippen LogP contribution in [-0.4, -0.2) is 174 Å². The van der Waals surface area contributed by atoms with E-state index in [9.17, 15) is 39.3 Å². The molecular formula is C53H83NNaO14. The van der Waals surface area contributed by atoms with Crippen LogP contribution in [0.2, 0.25) is 0 Å². The van der Waals surface area contributed by atoms with E-state index in [0.717, 1.165) is 36.2 Å². The number of aliphatic hydroxyl groups is 3. The van der Waals surface area contributed by atoms with Crippen LogP contribution in [0.1, 0.15) is 119 Å². The summed E-state index contributed by atoms with van der Waals surface area (Å²) in [6, 6.07) is -1.12. The van der Waals surface area contributed by atoms with Crippen molar-refractivity contribution in [2.45, 2.75) is 168 Å². The van der Waals surface area contributed by atoms with Crippen LogP contribution in [0.15, 0.2) is 59.8 Å². The van der Waals surface area contributed by atoms with Crippen LogP contribution >= 0.6 is 0 Å². The number of carboxylic acids is 1. The van der Waals surface area contributed by atoms with E-state index in [2.05, 4.69) is 6.92 Å². The number of rotatable bonds is 27. The molecule has 0 bridgehead atoms. The minimum absolute atomic E-state index is 0. The maximum atomic E-state index is 13.6. The van der Waals surface area contributed by atoms with Gasteiger partial charge in [0.15, 0.2) is 11.6 Å². The minimum Gasteiger partial charge on any atom is -0.480 e. The van der Waals surface area contributed by atoms with Gasteiger partial charge >= 0.3 is 5.97 Å². The van der Waals surface area contributed by atoms with E-state index in [0.29, 0.717) is 56.6 Å². The van der Waals surface area contributed by atoms with Crippen LogP contribution in [0.3, 0.4) is 0 Å². The molecule has 0 aromatic heterocycles. The van der Waals surface area contributed by atoms with Crippen molar-refractivity contribution in [2.75, 3.05) is 41.1 Å². The van der Waals surface area contributed by atoms with Crippen LogP contribution in [0.25, 0.3) is 0 Å². The van der Waals surface area contributed by atoms with Gasteiger partial charge < -0.3 is 49.0 Å². The second-order valence-corrected chi connectivity index (χ2v) is 19.6. The number of allylic oxidation sites excluding steroid dienone is 8. The third kappa shape index (κ3) is 18.7. The standard InChI is InChI=1S/C53H83NO14.Na/c1-33(16-12-11-13-17-35(3)45(64-8)32-41-22-20-39(7)53(63,68-41)50(59)51(60)54-25-15-14-18-42(54)52(61)62)28-37(5)47(57)49(66-10)48(58)38(6)30-36(4)43(56)23-19-34(2)29-40-21-24-44(67-27-26-55)46(31-40)65-9;/h11-13,16-17,19,23,30,33-34,36-37,39-42,44-46,48-49,55,58,63H,14-15,18,20-22,24-29,31-32H2,1-10H3,(H,61,62);/b13-11+,16-12+,23-19-,35-17+,38-30+;/t33-,34+,36-,37-,39-,40+,41+,42+,44-,45+,46-,48-,49+,53-;/m1./s1. The summed E-state index contributed by atoms with van der Waals surface area (Å²) in [5.74, 6) is -7.06. The Kier molecular flexibility index (Phi) is 28.1. The van der Waals surface area contributed by atoms with Gasteiger partial charge in [-0.2, -0.15) is 0 Å². The third-order valence-electron chi connectivity index (χ3n) is 14.1. The van der Waals surface area contributed by atoms with Gasteiger partial charge in [-0.05, 0) is 113 Å². The van der Waals surface area contributed by atoms with E-state index in [1.54, 1.807) is 47.1 Å². The number of piperidine rings is 1. The first kappa shape index (κ1) is 62.4. The first-order valence-electron chi connectivity index (χ1n) is 24.7. The summed E-state index contributed by atoms with van der Waals surface area (Å²) in [6.45, 7) is 13.3. The maximum Gasteiger partial charge on any atom is 0.326 e. The van der Waals surface area contributed by atoms with E-state index in [4.69, 9.17) is 28.8 Å². The van der Waals surface area contributed by atoms with Gasteiger partial charge in [-0.3, -0.25) is 19.2 Å². The summed E-state index contributed by atoms with van der Waals surface area (Å²) >= 11 is 0. The SMILES string of the molecule is CO[C@@H](C[C@@H]1CC[C@@H](C)[C@](O)(C(=O)C(=O)N2CCCC[C@H]2C(=O)O)O1)/C(C)=C/C=C/C=C/[C@@H](C)C[C@@H](C)C(=O)[C@H](OC)[C@H](O)/C(C)=C/[C@@H](C)C(=O)/C=C\[C@H](C)C[C@@H]1CC[C@@H](OCCO)[C@H](OC)C1.[Na]. The number of ketones is 3. The van der Waals surface area contributed by atoms with Gasteiger partial charge in [-0.15, -0.1) is 0 Å². The van der Waals surface area contributed by atoms with E-state index in [1.165, 1.54) is 7.11 Å². The number of ether oxygens (including phenoxy) is 5. The summed E-state index contributed by atoms with van der Waals surface area (Å²) < 4.78 is 28.7. The Labute approximate surface area is 433 Å². The van der Waals surface area contributed by atoms with Crippen LogP contribution in [0.5, 0.6) is 0 Å². The molecular weight excluding hydrogens is 898 g/mol. The van der Waals surface area contributed by atoms with Crippen LogP contribution < -0.4 is 0 Å². The first-order chi connectivity index (χ1) is 32.2. The van der Waals surface area contributed by atoms with Gasteiger partial charge in [-0.25, -0.2) is 4.79 Å². The summed E-state index contributed by atoms with van der Waals surface area (Å²) in [7, 11) is 4.64. The van der Waals surface area contributed by atoms with Gasteiger partial charge in [0.25, 0.3) is 11.7 Å². The zero-order valence-electron chi connectivity index (χ0n) is 43.3. The fraction of sp³-hybridized carbons (Fsp3) is 0.717. The zero-order chi connectivity index (χ0) is 50.7. The largest absolute Gasteiger partial charge is 0.480 e. The summed E-state index contributed by atoms with van der Waals surface area (Å²) in [5.41, 5.74) is 1.35. The molecule has 3 rings (SSSR count). The Hall–Kier alpha value is -2.67. The second kappa shape index (κ2) is 31.0. The summed E-state index contributed by atoms with van der Waals surface area (Å²) in [4.78, 5) is 66.2. The predicted octanol–water partition coefficient (Wildman–Crippen LogP) is 6.14. The Morgan fingerprint density at radius 2 is 1.57 bits per heavy atom. The number of Topliss-reactive ketones (excluding diaryl/α,β-unsaturated/α-hetero) is 2. The zero-order valence-corrected chi connectivity index (χ0v) is 45.3. The quantitative estimate of drug-likeness (QED) is 0.0239. The predicted molar refractivity (Wildman–Crippen MR) is 264 cm³/mol. The van der Waals surface area contributed by atoms with Crippen molar-refractivity contribution < 1.29 is 68.1 Å². The summed E-state index contributed by atoms with van der Waals surface area (Å²) in [6.07, 6.45) is 18.2. The Morgan fingerprint density at radius 3 is 2.20 bits per heavy atom. The maximum absolute atomic E-state index is 13.6. The molecule has 2 aliphatic heterocycles. The molecule has 14 atom stereocenters. The molecule has 1 aliphatic carbocycles. The van der Waals surface area contributed by atoms with Crippen molar-refractivity contribution in [1.82, 2.24) is 4.90 Å². The number of nitrogens with zero attached hydrogens (tertiary/aromatic N) is 1. The number of carbonyl (C=O) groups is 5. The average molecular weight is 981 g/mol. The topological polar surface area (TPSA) is 216 Å². The molecule has 3 fully saturated rings. The number of amides is 1. The van der Waals surface area contributed by atoms with Crippen molar-refractivity contribution in [3.8, 4) is 0 Å². The van der Waals surface area contributed by atoms with Gasteiger partial charge in [0, 0.05) is 81.6 Å². The second-order valence-electron chi connectivity index (χ2n) is 19.6. The first-order valence-corrected chi connectivity index (χ1v) is 24.7.